The summed E-state index contributed by atoms with van der Waals surface area (Å²) in [6.45, 7) is 0. The third-order valence-corrected chi connectivity index (χ3v) is 10.8. The molecule has 3 heteroatoms. The number of furan rings is 1. The summed E-state index contributed by atoms with van der Waals surface area (Å²) in [6.07, 6.45) is 0. The highest BCUT2D eigenvalue weighted by molar-refractivity contribution is 7.25. The number of para-hydroxylation sites is 1. The Labute approximate surface area is 287 Å². The summed E-state index contributed by atoms with van der Waals surface area (Å²) in [4.78, 5) is 2.37. The molecule has 0 aliphatic rings. The van der Waals surface area contributed by atoms with E-state index in [2.05, 4.69) is 169 Å². The maximum absolute atomic E-state index is 6.36. The minimum absolute atomic E-state index is 0.878. The SMILES string of the molecule is c1cc(-c2ccc3c(c2)sc2ccccc23)cc(N(c2ccc(-c3ccc4ccccc4c3)cc2)c2cccc3oc4ccccc4c23)c1. The molecule has 0 aliphatic heterocycles. The van der Waals surface area contributed by atoms with Crippen LogP contribution in [0.1, 0.15) is 0 Å². The van der Waals surface area contributed by atoms with Gasteiger partial charge in [-0.2, -0.15) is 0 Å². The molecule has 230 valence electrons. The van der Waals surface area contributed by atoms with Gasteiger partial charge in [0.2, 0.25) is 0 Å². The molecule has 2 nitrogen and oxygen atoms in total. The highest BCUT2D eigenvalue weighted by Crippen LogP contribution is 2.44. The van der Waals surface area contributed by atoms with Gasteiger partial charge in [-0.15, -0.1) is 11.3 Å². The van der Waals surface area contributed by atoms with Crippen LogP contribution in [-0.4, -0.2) is 0 Å². The van der Waals surface area contributed by atoms with Crippen LogP contribution in [0.2, 0.25) is 0 Å². The predicted octanol–water partition coefficient (Wildman–Crippen LogP) is 13.9. The topological polar surface area (TPSA) is 16.4 Å². The predicted molar refractivity (Wildman–Crippen MR) is 210 cm³/mol. The van der Waals surface area contributed by atoms with Gasteiger partial charge in [-0.25, -0.2) is 0 Å². The number of rotatable bonds is 5. The molecule has 0 saturated carbocycles. The van der Waals surface area contributed by atoms with Crippen molar-refractivity contribution in [1.82, 2.24) is 0 Å². The van der Waals surface area contributed by atoms with E-state index in [1.165, 1.54) is 53.2 Å². The number of benzene rings is 8. The molecule has 0 unspecified atom stereocenters. The first-order chi connectivity index (χ1) is 24.3. The number of thiophene rings is 1. The Hall–Kier alpha value is -6.16. The smallest absolute Gasteiger partial charge is 0.137 e. The first-order valence-electron chi connectivity index (χ1n) is 16.6. The van der Waals surface area contributed by atoms with Gasteiger partial charge >= 0.3 is 0 Å². The number of hydrogen-bond acceptors (Lipinski definition) is 3. The Kier molecular flexibility index (Phi) is 6.39. The van der Waals surface area contributed by atoms with E-state index in [4.69, 9.17) is 4.42 Å². The third-order valence-electron chi connectivity index (χ3n) is 9.65. The van der Waals surface area contributed by atoms with Crippen LogP contribution in [0, 0.1) is 0 Å². The van der Waals surface area contributed by atoms with Crippen LogP contribution in [-0.2, 0) is 0 Å². The Morgan fingerprint density at radius 1 is 0.388 bits per heavy atom. The van der Waals surface area contributed by atoms with Gasteiger partial charge in [-0.1, -0.05) is 115 Å². The first-order valence-corrected chi connectivity index (χ1v) is 17.4. The van der Waals surface area contributed by atoms with Crippen molar-refractivity contribution in [2.75, 3.05) is 4.90 Å². The van der Waals surface area contributed by atoms with Crippen molar-refractivity contribution in [3.8, 4) is 22.3 Å². The fourth-order valence-electron chi connectivity index (χ4n) is 7.27. The fourth-order valence-corrected chi connectivity index (χ4v) is 8.42. The fraction of sp³-hybridized carbons (Fsp3) is 0. The quantitative estimate of drug-likeness (QED) is 0.186. The Morgan fingerprint density at radius 2 is 1.06 bits per heavy atom. The summed E-state index contributed by atoms with van der Waals surface area (Å²) >= 11 is 1.86. The van der Waals surface area contributed by atoms with Gasteiger partial charge in [-0.3, -0.25) is 0 Å². The summed E-state index contributed by atoms with van der Waals surface area (Å²) in [5.74, 6) is 0. The molecular formula is C46H29NOS. The lowest BCUT2D eigenvalue weighted by Crippen LogP contribution is -2.10. The summed E-state index contributed by atoms with van der Waals surface area (Å²) in [7, 11) is 0. The van der Waals surface area contributed by atoms with E-state index in [0.717, 1.165) is 39.0 Å². The van der Waals surface area contributed by atoms with E-state index in [1.54, 1.807) is 0 Å². The maximum atomic E-state index is 6.36. The standard InChI is InChI=1S/C46H29NOS/c1-2-10-32-27-34(20-19-30(32)9-1)31-21-24-36(25-22-31)47(41-15-8-17-43-46(41)40-14-3-5-16-42(40)48-43)37-12-7-11-33(28-37)35-23-26-39-38-13-4-6-18-44(38)49-45(39)29-35/h1-29H. The second-order valence-corrected chi connectivity index (χ2v) is 13.6. The lowest BCUT2D eigenvalue weighted by atomic mass is 10.00. The molecule has 10 rings (SSSR count). The van der Waals surface area contributed by atoms with E-state index in [9.17, 15) is 0 Å². The zero-order valence-corrected chi connectivity index (χ0v) is 27.3. The largest absolute Gasteiger partial charge is 0.456 e. The molecule has 0 saturated heterocycles. The van der Waals surface area contributed by atoms with E-state index >= 15 is 0 Å². The van der Waals surface area contributed by atoms with Gasteiger partial charge in [0.25, 0.3) is 0 Å². The van der Waals surface area contributed by atoms with Crippen LogP contribution >= 0.6 is 11.3 Å². The van der Waals surface area contributed by atoms with E-state index in [-0.39, 0.29) is 0 Å². The molecule has 0 fully saturated rings. The van der Waals surface area contributed by atoms with Crippen LogP contribution in [0.4, 0.5) is 17.1 Å². The highest BCUT2D eigenvalue weighted by Gasteiger charge is 2.20. The third kappa shape index (κ3) is 4.70. The van der Waals surface area contributed by atoms with Crippen molar-refractivity contribution in [2.45, 2.75) is 0 Å². The van der Waals surface area contributed by atoms with Crippen molar-refractivity contribution < 1.29 is 4.42 Å². The summed E-state index contributed by atoms with van der Waals surface area (Å²) < 4.78 is 8.99. The number of nitrogens with zero attached hydrogens (tertiary/aromatic N) is 1. The molecular weight excluding hydrogens is 615 g/mol. The van der Waals surface area contributed by atoms with Crippen LogP contribution in [0.25, 0.3) is 75.1 Å². The van der Waals surface area contributed by atoms with Crippen molar-refractivity contribution in [2.24, 2.45) is 0 Å². The summed E-state index contributed by atoms with van der Waals surface area (Å²) in [5.41, 5.74) is 9.80. The Morgan fingerprint density at radius 3 is 1.98 bits per heavy atom. The van der Waals surface area contributed by atoms with Crippen molar-refractivity contribution >= 4 is 81.3 Å². The zero-order chi connectivity index (χ0) is 32.3. The second kappa shape index (κ2) is 11.2. The zero-order valence-electron chi connectivity index (χ0n) is 26.5. The minimum Gasteiger partial charge on any atom is -0.456 e. The van der Waals surface area contributed by atoms with Gasteiger partial charge < -0.3 is 9.32 Å². The maximum Gasteiger partial charge on any atom is 0.137 e. The summed E-state index contributed by atoms with van der Waals surface area (Å²) in [5, 5.41) is 7.34. The molecule has 0 amide bonds. The normalized spacial score (nSPS) is 11.7. The molecule has 8 aromatic carbocycles. The molecule has 10 aromatic rings. The lowest BCUT2D eigenvalue weighted by molar-refractivity contribution is 0.669. The van der Waals surface area contributed by atoms with E-state index < -0.39 is 0 Å². The van der Waals surface area contributed by atoms with Crippen molar-refractivity contribution in [1.29, 1.82) is 0 Å². The number of hydrogen-bond donors (Lipinski definition) is 0. The minimum atomic E-state index is 0.878. The van der Waals surface area contributed by atoms with Crippen LogP contribution in [0.15, 0.2) is 180 Å². The van der Waals surface area contributed by atoms with Gasteiger partial charge in [0.05, 0.1) is 11.1 Å². The molecule has 2 heterocycles. The molecule has 0 aliphatic carbocycles. The Bertz CT molecular complexity index is 2840. The van der Waals surface area contributed by atoms with Crippen LogP contribution in [0.5, 0.6) is 0 Å². The Balaban J connectivity index is 1.13. The van der Waals surface area contributed by atoms with Crippen LogP contribution in [0.3, 0.4) is 0 Å². The first kappa shape index (κ1) is 27.9. The number of fused-ring (bicyclic) bond motifs is 7. The molecule has 0 radical (unpaired) electrons. The van der Waals surface area contributed by atoms with Gasteiger partial charge in [0, 0.05) is 36.9 Å². The average Bonchev–Trinajstić information content (AvgIpc) is 3.74. The lowest BCUT2D eigenvalue weighted by Gasteiger charge is -2.27. The molecule has 0 atom stereocenters. The molecule has 0 spiro atoms. The monoisotopic (exact) mass is 643 g/mol. The van der Waals surface area contributed by atoms with Gasteiger partial charge in [-0.05, 0) is 93.7 Å². The van der Waals surface area contributed by atoms with E-state index in [0.29, 0.717) is 0 Å². The average molecular weight is 644 g/mol. The van der Waals surface area contributed by atoms with Crippen molar-refractivity contribution in [3.63, 3.8) is 0 Å². The molecule has 49 heavy (non-hydrogen) atoms. The molecule has 0 bridgehead atoms. The van der Waals surface area contributed by atoms with E-state index in [1.807, 2.05) is 23.5 Å². The highest BCUT2D eigenvalue weighted by atomic mass is 32.1. The van der Waals surface area contributed by atoms with Crippen molar-refractivity contribution in [3.05, 3.63) is 176 Å². The molecule has 0 N–H and O–H groups in total. The summed E-state index contributed by atoms with van der Waals surface area (Å²) in [6, 6.07) is 63.3. The van der Waals surface area contributed by atoms with Gasteiger partial charge in [0.1, 0.15) is 11.2 Å². The van der Waals surface area contributed by atoms with Crippen LogP contribution < -0.4 is 4.90 Å². The van der Waals surface area contributed by atoms with Gasteiger partial charge in [0.15, 0.2) is 0 Å². The second-order valence-electron chi connectivity index (χ2n) is 12.6. The number of anilines is 3. The molecule has 2 aromatic heterocycles.